The number of aromatic nitrogens is 2. The molecule has 1 saturated heterocycles. The highest BCUT2D eigenvalue weighted by Crippen LogP contribution is 2.27. The van der Waals surface area contributed by atoms with Crippen molar-refractivity contribution in [3.63, 3.8) is 0 Å². The number of aliphatic imine (C=N–C) groups is 1. The molecule has 9 nitrogen and oxygen atoms in total. The van der Waals surface area contributed by atoms with Crippen LogP contribution in [0.2, 0.25) is 0 Å². The van der Waals surface area contributed by atoms with E-state index in [1.165, 1.54) is 41.4 Å². The fraction of sp³-hybridized carbons (Fsp3) is 0.130. The van der Waals surface area contributed by atoms with Crippen LogP contribution in [0.5, 0.6) is 5.75 Å². The number of benzene rings is 2. The lowest BCUT2D eigenvalue weighted by molar-refractivity contribution is -0.274. The van der Waals surface area contributed by atoms with Gasteiger partial charge in [-0.1, -0.05) is 6.07 Å². The average molecular weight is 503 g/mol. The maximum Gasteiger partial charge on any atom is 0.573 e. The number of anilines is 1. The molecule has 2 N–H and O–H groups in total. The van der Waals surface area contributed by atoms with E-state index in [0.717, 1.165) is 35.1 Å². The lowest BCUT2D eigenvalue weighted by Crippen LogP contribution is -2.24. The molecule has 0 unspecified atom stereocenters. The van der Waals surface area contributed by atoms with Gasteiger partial charge in [-0.25, -0.2) is 18.9 Å². The number of hydrogen-bond donors (Lipinski definition) is 1. The van der Waals surface area contributed by atoms with E-state index in [9.17, 15) is 27.2 Å². The second-order valence-electron chi connectivity index (χ2n) is 7.28. The minimum absolute atomic E-state index is 0.0227. The summed E-state index contributed by atoms with van der Waals surface area (Å²) in [5.41, 5.74) is 4.82. The Balaban J connectivity index is 1.71. The van der Waals surface area contributed by atoms with Gasteiger partial charge in [-0.2, -0.15) is 5.10 Å². The first-order valence-electron chi connectivity index (χ1n) is 10.3. The van der Waals surface area contributed by atoms with Crippen LogP contribution in [0, 0.1) is 5.82 Å². The number of alkyl halides is 3. The quantitative estimate of drug-likeness (QED) is 0.404. The summed E-state index contributed by atoms with van der Waals surface area (Å²) in [5.74, 6) is -1.25. The molecule has 1 aromatic heterocycles. The van der Waals surface area contributed by atoms with Gasteiger partial charge in [0.1, 0.15) is 18.0 Å². The van der Waals surface area contributed by atoms with Gasteiger partial charge in [-0.3, -0.25) is 9.69 Å². The Morgan fingerprint density at radius 3 is 2.64 bits per heavy atom. The van der Waals surface area contributed by atoms with Gasteiger partial charge in [-0.05, 0) is 42.6 Å². The number of halogens is 4. The third-order valence-electron chi connectivity index (χ3n) is 4.86. The van der Waals surface area contributed by atoms with E-state index >= 15 is 0 Å². The summed E-state index contributed by atoms with van der Waals surface area (Å²) in [5, 5.41) is 4.15. The molecule has 2 heterocycles. The summed E-state index contributed by atoms with van der Waals surface area (Å²) < 4.78 is 62.4. The van der Waals surface area contributed by atoms with Crippen molar-refractivity contribution in [2.75, 3.05) is 18.1 Å². The summed E-state index contributed by atoms with van der Waals surface area (Å²) in [6.07, 6.45) is -1.96. The Kier molecular flexibility index (Phi) is 6.72. The van der Waals surface area contributed by atoms with Crippen molar-refractivity contribution >= 4 is 23.2 Å². The summed E-state index contributed by atoms with van der Waals surface area (Å²) >= 11 is 0. The highest BCUT2D eigenvalue weighted by Gasteiger charge is 2.31. The molecule has 1 amide bonds. The first-order chi connectivity index (χ1) is 17.1. The second-order valence-corrected chi connectivity index (χ2v) is 7.28. The zero-order valence-corrected chi connectivity index (χ0v) is 18.3. The van der Waals surface area contributed by atoms with E-state index in [2.05, 4.69) is 14.8 Å². The molecule has 1 aliphatic rings. The van der Waals surface area contributed by atoms with Crippen LogP contribution < -0.4 is 20.8 Å². The molecular formula is C23H17F4N5O4. The zero-order valence-electron chi connectivity index (χ0n) is 18.3. The Hall–Kier alpha value is -4.68. The number of amides is 1. The smallest absolute Gasteiger partial charge is 0.447 e. The standard InChI is InChI=1S/C23H17F4N5O4/c24-17-13-15(31-10-11-35-22(31)34)4-5-19(17)32-9-7-20(33)21(30-32)18(6-8-28)29-14-2-1-3-16(12-14)36-23(25,26)27/h1-9,12-13H,10-11,28H2. The summed E-state index contributed by atoms with van der Waals surface area (Å²) in [6.45, 7) is 0.466. The molecule has 13 heteroatoms. The first-order valence-corrected chi connectivity index (χ1v) is 10.3. The van der Waals surface area contributed by atoms with Crippen molar-refractivity contribution in [3.8, 4) is 11.4 Å². The average Bonchev–Trinajstić information content (AvgIpc) is 3.24. The fourth-order valence-electron chi connectivity index (χ4n) is 3.35. The Morgan fingerprint density at radius 2 is 1.97 bits per heavy atom. The highest BCUT2D eigenvalue weighted by atomic mass is 19.4. The SMILES string of the molecule is NC=CC(=Nc1cccc(OC(F)(F)F)c1)c1nn(-c2ccc(N3CCOC3=O)cc2F)ccc1=O. The van der Waals surface area contributed by atoms with Gasteiger partial charge in [-0.15, -0.1) is 13.2 Å². The van der Waals surface area contributed by atoms with Crippen LogP contribution >= 0.6 is 0 Å². The molecule has 0 bridgehead atoms. The van der Waals surface area contributed by atoms with Crippen LogP contribution in [-0.2, 0) is 4.74 Å². The molecular weight excluding hydrogens is 486 g/mol. The number of hydrogen-bond acceptors (Lipinski definition) is 7. The summed E-state index contributed by atoms with van der Waals surface area (Å²) in [4.78, 5) is 29.7. The van der Waals surface area contributed by atoms with E-state index in [-0.39, 0.29) is 41.6 Å². The van der Waals surface area contributed by atoms with Crippen LogP contribution in [0.4, 0.5) is 33.7 Å². The van der Waals surface area contributed by atoms with E-state index in [0.29, 0.717) is 0 Å². The molecule has 0 radical (unpaired) electrons. The lowest BCUT2D eigenvalue weighted by Gasteiger charge is -2.15. The summed E-state index contributed by atoms with van der Waals surface area (Å²) in [6, 6.07) is 9.88. The predicted molar refractivity (Wildman–Crippen MR) is 121 cm³/mol. The molecule has 186 valence electrons. The maximum absolute atomic E-state index is 14.9. The molecule has 0 saturated carbocycles. The Bertz CT molecular complexity index is 1420. The third kappa shape index (κ3) is 5.51. The van der Waals surface area contributed by atoms with Crippen molar-refractivity contribution in [2.45, 2.75) is 6.36 Å². The van der Waals surface area contributed by atoms with Gasteiger partial charge in [0.05, 0.1) is 23.6 Å². The Labute approximate surface area is 200 Å². The minimum atomic E-state index is -4.90. The molecule has 4 rings (SSSR count). The van der Waals surface area contributed by atoms with Gasteiger partial charge in [0.15, 0.2) is 11.5 Å². The third-order valence-corrected chi connectivity index (χ3v) is 4.86. The molecule has 0 aliphatic carbocycles. The molecule has 1 aliphatic heterocycles. The molecule has 1 fully saturated rings. The fourth-order valence-corrected chi connectivity index (χ4v) is 3.35. The number of carbonyl (C=O) groups excluding carboxylic acids is 1. The monoisotopic (exact) mass is 503 g/mol. The number of nitrogens with zero attached hydrogens (tertiary/aromatic N) is 4. The van der Waals surface area contributed by atoms with Crippen LogP contribution in [0.15, 0.2) is 76.8 Å². The van der Waals surface area contributed by atoms with Crippen LogP contribution in [0.3, 0.4) is 0 Å². The number of cyclic esters (lactones) is 1. The number of carbonyl (C=O) groups is 1. The largest absolute Gasteiger partial charge is 0.573 e. The minimum Gasteiger partial charge on any atom is -0.447 e. The van der Waals surface area contributed by atoms with Crippen molar-refractivity contribution in [1.29, 1.82) is 0 Å². The van der Waals surface area contributed by atoms with Crippen molar-refractivity contribution in [3.05, 3.63) is 88.7 Å². The van der Waals surface area contributed by atoms with Gasteiger partial charge in [0, 0.05) is 18.3 Å². The van der Waals surface area contributed by atoms with Gasteiger partial charge in [0.25, 0.3) is 0 Å². The van der Waals surface area contributed by atoms with Crippen LogP contribution in [0.1, 0.15) is 5.69 Å². The predicted octanol–water partition coefficient (Wildman–Crippen LogP) is 3.82. The van der Waals surface area contributed by atoms with Crippen LogP contribution in [0.25, 0.3) is 5.69 Å². The lowest BCUT2D eigenvalue weighted by atomic mass is 10.2. The maximum atomic E-state index is 14.9. The van der Waals surface area contributed by atoms with Crippen molar-refractivity contribution < 1.29 is 31.8 Å². The van der Waals surface area contributed by atoms with Crippen molar-refractivity contribution in [2.24, 2.45) is 10.7 Å². The van der Waals surface area contributed by atoms with Gasteiger partial charge >= 0.3 is 12.5 Å². The normalized spacial score (nSPS) is 14.4. The molecule has 2 aromatic carbocycles. The van der Waals surface area contributed by atoms with E-state index in [1.54, 1.807) is 0 Å². The van der Waals surface area contributed by atoms with E-state index in [4.69, 9.17) is 10.5 Å². The number of allylic oxidation sites excluding steroid dienone is 1. The molecule has 0 atom stereocenters. The second kappa shape index (κ2) is 9.90. The van der Waals surface area contributed by atoms with Gasteiger partial charge < -0.3 is 15.2 Å². The zero-order chi connectivity index (χ0) is 25.9. The van der Waals surface area contributed by atoms with Crippen molar-refractivity contribution in [1.82, 2.24) is 9.78 Å². The Morgan fingerprint density at radius 1 is 1.17 bits per heavy atom. The topological polar surface area (TPSA) is 112 Å². The molecule has 36 heavy (non-hydrogen) atoms. The van der Waals surface area contributed by atoms with E-state index in [1.807, 2.05) is 0 Å². The molecule has 0 spiro atoms. The number of nitrogens with two attached hydrogens (primary N) is 1. The molecule has 3 aromatic rings. The van der Waals surface area contributed by atoms with Gasteiger partial charge in [0.2, 0.25) is 5.43 Å². The number of ether oxygens (including phenoxy) is 2. The highest BCUT2D eigenvalue weighted by molar-refractivity contribution is 6.08. The van der Waals surface area contributed by atoms with Crippen LogP contribution in [-0.4, -0.2) is 41.1 Å². The van der Waals surface area contributed by atoms with E-state index < -0.39 is 29.5 Å². The first kappa shape index (κ1) is 24.4. The summed E-state index contributed by atoms with van der Waals surface area (Å²) in [7, 11) is 0. The number of rotatable bonds is 6.